The summed E-state index contributed by atoms with van der Waals surface area (Å²) in [5, 5.41) is 10.6. The van der Waals surface area contributed by atoms with Crippen LogP contribution in [-0.2, 0) is 65.4 Å². The Labute approximate surface area is 581 Å². The largest absolute Gasteiger partial charge is 0.472 e. The number of phosphoric ester groups is 2. The highest BCUT2D eigenvalue weighted by molar-refractivity contribution is 7.47. The number of unbranched alkanes of at least 4 members (excludes halogenated alkanes) is 45. The number of aliphatic hydroxyl groups excluding tert-OH is 1. The van der Waals surface area contributed by atoms with Gasteiger partial charge in [-0.25, -0.2) is 9.13 Å². The van der Waals surface area contributed by atoms with Crippen LogP contribution < -0.4 is 0 Å². The first-order chi connectivity index (χ1) is 45.9. The van der Waals surface area contributed by atoms with Crippen LogP contribution in [0.1, 0.15) is 395 Å². The van der Waals surface area contributed by atoms with Crippen molar-refractivity contribution in [2.45, 2.75) is 413 Å². The molecule has 17 nitrogen and oxygen atoms in total. The first-order valence-electron chi connectivity index (χ1n) is 39.5. The third-order valence-electron chi connectivity index (χ3n) is 17.7. The summed E-state index contributed by atoms with van der Waals surface area (Å²) in [7, 11) is -9.90. The number of esters is 4. The predicted octanol–water partition coefficient (Wildman–Crippen LogP) is 22.3. The van der Waals surface area contributed by atoms with Gasteiger partial charge in [-0.3, -0.25) is 37.3 Å². The smallest absolute Gasteiger partial charge is 0.462 e. The molecule has 95 heavy (non-hydrogen) atoms. The van der Waals surface area contributed by atoms with E-state index in [1.165, 1.54) is 205 Å². The minimum Gasteiger partial charge on any atom is -0.462 e. The van der Waals surface area contributed by atoms with E-state index in [1.807, 2.05) is 0 Å². The number of hydrogen-bond acceptors (Lipinski definition) is 15. The van der Waals surface area contributed by atoms with Gasteiger partial charge in [-0.2, -0.15) is 0 Å². The third kappa shape index (κ3) is 70.3. The monoisotopic (exact) mass is 1400 g/mol. The van der Waals surface area contributed by atoms with Crippen molar-refractivity contribution in [3.8, 4) is 0 Å². The van der Waals surface area contributed by atoms with E-state index in [0.717, 1.165) is 108 Å². The topological polar surface area (TPSA) is 237 Å². The van der Waals surface area contributed by atoms with Crippen LogP contribution in [0.25, 0.3) is 0 Å². The number of phosphoric acid groups is 2. The van der Waals surface area contributed by atoms with E-state index in [1.54, 1.807) is 0 Å². The number of carbonyl (C=O) groups excluding carboxylic acids is 4. The molecule has 0 fully saturated rings. The molecule has 3 N–H and O–H groups in total. The molecule has 0 radical (unpaired) electrons. The van der Waals surface area contributed by atoms with Gasteiger partial charge in [0.2, 0.25) is 0 Å². The van der Waals surface area contributed by atoms with Crippen molar-refractivity contribution in [3.05, 3.63) is 0 Å². The molecule has 0 aliphatic heterocycles. The summed E-state index contributed by atoms with van der Waals surface area (Å²) < 4.78 is 68.3. The van der Waals surface area contributed by atoms with E-state index in [-0.39, 0.29) is 25.7 Å². The fourth-order valence-electron chi connectivity index (χ4n) is 11.7. The van der Waals surface area contributed by atoms with Gasteiger partial charge >= 0.3 is 39.5 Å². The van der Waals surface area contributed by atoms with E-state index in [0.29, 0.717) is 25.7 Å². The zero-order valence-corrected chi connectivity index (χ0v) is 63.8. The molecule has 0 saturated heterocycles. The molecule has 0 amide bonds. The van der Waals surface area contributed by atoms with E-state index in [2.05, 4.69) is 41.5 Å². The van der Waals surface area contributed by atoms with Gasteiger partial charge in [0.1, 0.15) is 19.3 Å². The molecule has 564 valence electrons. The molecule has 0 spiro atoms. The molecule has 0 aliphatic rings. The highest BCUT2D eigenvalue weighted by atomic mass is 31.2. The lowest BCUT2D eigenvalue weighted by Gasteiger charge is -2.21. The minimum absolute atomic E-state index is 0.107. The van der Waals surface area contributed by atoms with E-state index in [4.69, 9.17) is 37.0 Å². The quantitative estimate of drug-likeness (QED) is 0.0222. The molecule has 19 heteroatoms. The highest BCUT2D eigenvalue weighted by Gasteiger charge is 2.30. The molecule has 0 bridgehead atoms. The normalized spacial score (nSPS) is 14.0. The fourth-order valence-corrected chi connectivity index (χ4v) is 13.2. The van der Waals surface area contributed by atoms with Crippen LogP contribution in [0.2, 0.25) is 0 Å². The zero-order chi connectivity index (χ0) is 70.0. The maximum Gasteiger partial charge on any atom is 0.472 e. The van der Waals surface area contributed by atoms with Crippen LogP contribution in [0.3, 0.4) is 0 Å². The lowest BCUT2D eigenvalue weighted by Crippen LogP contribution is -2.30. The average molecular weight is 1400 g/mol. The number of ether oxygens (including phenoxy) is 4. The molecule has 0 aliphatic carbocycles. The molecule has 0 saturated carbocycles. The molecule has 0 aromatic carbocycles. The van der Waals surface area contributed by atoms with Crippen molar-refractivity contribution in [1.29, 1.82) is 0 Å². The van der Waals surface area contributed by atoms with Crippen LogP contribution in [0, 0.1) is 11.8 Å². The van der Waals surface area contributed by atoms with Crippen LogP contribution in [0.4, 0.5) is 0 Å². The maximum absolute atomic E-state index is 13.1. The van der Waals surface area contributed by atoms with Gasteiger partial charge in [-0.15, -0.1) is 0 Å². The Morgan fingerprint density at radius 1 is 0.284 bits per heavy atom. The van der Waals surface area contributed by atoms with Crippen molar-refractivity contribution in [2.24, 2.45) is 11.8 Å². The summed E-state index contributed by atoms with van der Waals surface area (Å²) in [4.78, 5) is 72.5. The molecular formula is C76H148O17P2. The second kappa shape index (κ2) is 67.9. The lowest BCUT2D eigenvalue weighted by molar-refractivity contribution is -0.161. The van der Waals surface area contributed by atoms with Gasteiger partial charge in [-0.1, -0.05) is 343 Å². The number of rotatable bonds is 75. The second-order valence-corrected chi connectivity index (χ2v) is 31.3. The molecular weight excluding hydrogens is 1250 g/mol. The van der Waals surface area contributed by atoms with Crippen molar-refractivity contribution >= 4 is 39.5 Å². The minimum atomic E-state index is -4.96. The van der Waals surface area contributed by atoms with Crippen molar-refractivity contribution in [2.75, 3.05) is 39.6 Å². The van der Waals surface area contributed by atoms with E-state index in [9.17, 15) is 43.2 Å². The molecule has 0 rings (SSSR count). The summed E-state index contributed by atoms with van der Waals surface area (Å²) >= 11 is 0. The SMILES string of the molecule is CCCCCCCCCCCCCCCC(=O)O[C@H](COC(=O)CCCCCCC)COP(=O)(O)OC[C@H](O)COP(=O)(O)OC[C@@H](COC(=O)CCCCCCCCCCCCCCCCCC(C)C)OC(=O)CCCCCCCCCCCCCCCCCCC(C)C. The van der Waals surface area contributed by atoms with Crippen LogP contribution in [0.5, 0.6) is 0 Å². The maximum atomic E-state index is 13.1. The third-order valence-corrected chi connectivity index (χ3v) is 19.6. The standard InChI is InChI=1S/C76H148O17P2/c1-7-9-11-13-14-15-16-24-32-37-42-48-54-60-75(80)92-71(64-86-73(78)58-52-44-12-10-8-2)66-90-94(82,83)88-62-70(77)63-89-95(84,85)91-67-72(65-87-74(79)59-53-47-41-36-31-27-23-19-21-26-30-35-40-46-51-57-69(5)6)93-76(81)61-55-49-43-38-33-28-22-18-17-20-25-29-34-39-45-50-56-68(3)4/h68-72,77H,7-67H2,1-6H3,(H,82,83)(H,84,85)/t70-,71+,72+/m0/s1. The number of hydrogen-bond donors (Lipinski definition) is 3. The Balaban J connectivity index is 5.14. The second-order valence-electron chi connectivity index (χ2n) is 28.3. The fraction of sp³-hybridized carbons (Fsp3) is 0.947. The van der Waals surface area contributed by atoms with Gasteiger partial charge in [0, 0.05) is 25.7 Å². The van der Waals surface area contributed by atoms with Gasteiger partial charge in [-0.05, 0) is 37.5 Å². The van der Waals surface area contributed by atoms with Gasteiger partial charge in [0.05, 0.1) is 26.4 Å². The molecule has 0 aromatic heterocycles. The van der Waals surface area contributed by atoms with Crippen LogP contribution in [0.15, 0.2) is 0 Å². The molecule has 0 heterocycles. The Hall–Kier alpha value is -1.94. The summed E-state index contributed by atoms with van der Waals surface area (Å²) in [5.74, 6) is -0.510. The Morgan fingerprint density at radius 2 is 0.484 bits per heavy atom. The first kappa shape index (κ1) is 93.1. The van der Waals surface area contributed by atoms with Crippen LogP contribution in [-0.4, -0.2) is 96.7 Å². The summed E-state index contributed by atoms with van der Waals surface area (Å²) in [6.07, 6.45) is 55.9. The predicted molar refractivity (Wildman–Crippen MR) is 386 cm³/mol. The Morgan fingerprint density at radius 3 is 0.716 bits per heavy atom. The molecule has 2 unspecified atom stereocenters. The Kier molecular flexibility index (Phi) is 66.5. The highest BCUT2D eigenvalue weighted by Crippen LogP contribution is 2.45. The number of aliphatic hydroxyl groups is 1. The van der Waals surface area contributed by atoms with Gasteiger partial charge in [0.15, 0.2) is 12.2 Å². The van der Waals surface area contributed by atoms with Crippen LogP contribution >= 0.6 is 15.6 Å². The van der Waals surface area contributed by atoms with Gasteiger partial charge in [0.25, 0.3) is 0 Å². The first-order valence-corrected chi connectivity index (χ1v) is 42.5. The Bertz CT molecular complexity index is 1840. The summed E-state index contributed by atoms with van der Waals surface area (Å²) in [6.45, 7) is 9.57. The lowest BCUT2D eigenvalue weighted by atomic mass is 10.0. The summed E-state index contributed by atoms with van der Waals surface area (Å²) in [5.41, 5.74) is 0. The van der Waals surface area contributed by atoms with Crippen molar-refractivity contribution in [3.63, 3.8) is 0 Å². The van der Waals surface area contributed by atoms with E-state index < -0.39 is 97.5 Å². The number of carbonyl (C=O) groups is 4. The van der Waals surface area contributed by atoms with Crippen molar-refractivity contribution in [1.82, 2.24) is 0 Å². The van der Waals surface area contributed by atoms with Gasteiger partial charge < -0.3 is 33.8 Å². The average Bonchev–Trinajstić information content (AvgIpc) is 1.59. The zero-order valence-electron chi connectivity index (χ0n) is 62.0. The van der Waals surface area contributed by atoms with E-state index >= 15 is 0 Å². The molecule has 5 atom stereocenters. The van der Waals surface area contributed by atoms with Crippen molar-refractivity contribution < 1.29 is 80.2 Å². The summed E-state index contributed by atoms with van der Waals surface area (Å²) in [6, 6.07) is 0. The molecule has 0 aromatic rings.